The summed E-state index contributed by atoms with van der Waals surface area (Å²) in [6.07, 6.45) is 0.237. The summed E-state index contributed by atoms with van der Waals surface area (Å²) in [5.74, 6) is 0.482. The molecular formula is C16H15BrFNO. The summed E-state index contributed by atoms with van der Waals surface area (Å²) in [4.78, 5) is 0. The van der Waals surface area contributed by atoms with E-state index in [4.69, 9.17) is 10.5 Å². The van der Waals surface area contributed by atoms with Crippen molar-refractivity contribution in [1.29, 1.82) is 0 Å². The van der Waals surface area contributed by atoms with Crippen LogP contribution in [-0.2, 0) is 0 Å². The zero-order chi connectivity index (χ0) is 14.3. The lowest BCUT2D eigenvalue weighted by atomic mass is 9.93. The molecule has 20 heavy (non-hydrogen) atoms. The third-order valence-corrected chi connectivity index (χ3v) is 4.10. The van der Waals surface area contributed by atoms with Gasteiger partial charge in [0, 0.05) is 28.1 Å². The molecule has 0 amide bonds. The first-order valence-corrected chi connectivity index (χ1v) is 7.31. The number of rotatable bonds is 1. The lowest BCUT2D eigenvalue weighted by Gasteiger charge is -2.31. The summed E-state index contributed by atoms with van der Waals surface area (Å²) >= 11 is 3.42. The van der Waals surface area contributed by atoms with Crippen molar-refractivity contribution in [2.45, 2.75) is 25.5 Å². The maximum Gasteiger partial charge on any atom is 0.130 e. The van der Waals surface area contributed by atoms with Gasteiger partial charge in [-0.2, -0.15) is 0 Å². The fourth-order valence-corrected chi connectivity index (χ4v) is 2.92. The Bertz CT molecular complexity index is 659. The van der Waals surface area contributed by atoms with E-state index in [1.54, 1.807) is 6.07 Å². The molecule has 0 aromatic heterocycles. The van der Waals surface area contributed by atoms with Crippen molar-refractivity contribution >= 4 is 15.9 Å². The second-order valence-electron chi connectivity index (χ2n) is 5.16. The summed E-state index contributed by atoms with van der Waals surface area (Å²) in [6, 6.07) is 10.7. The number of hydrogen-bond acceptors (Lipinski definition) is 2. The van der Waals surface area contributed by atoms with Crippen LogP contribution in [0.3, 0.4) is 0 Å². The van der Waals surface area contributed by atoms with Crippen molar-refractivity contribution in [2.24, 2.45) is 5.73 Å². The van der Waals surface area contributed by atoms with Crippen LogP contribution in [0.1, 0.15) is 35.3 Å². The van der Waals surface area contributed by atoms with Crippen molar-refractivity contribution in [2.75, 3.05) is 0 Å². The summed E-state index contributed by atoms with van der Waals surface area (Å²) < 4.78 is 20.9. The highest BCUT2D eigenvalue weighted by Gasteiger charge is 2.28. The first-order valence-electron chi connectivity index (χ1n) is 6.52. The molecule has 2 aromatic carbocycles. The van der Waals surface area contributed by atoms with Gasteiger partial charge in [-0.25, -0.2) is 4.39 Å². The number of hydrogen-bond donors (Lipinski definition) is 1. The fourth-order valence-electron chi connectivity index (χ4n) is 2.58. The number of halogens is 2. The third kappa shape index (κ3) is 2.45. The van der Waals surface area contributed by atoms with Crippen LogP contribution >= 0.6 is 15.9 Å². The van der Waals surface area contributed by atoms with Gasteiger partial charge in [0.1, 0.15) is 17.7 Å². The SMILES string of the molecule is Cc1ccc(F)c(C2C[C@@H](N)c3ccc(Br)cc3O2)c1. The summed E-state index contributed by atoms with van der Waals surface area (Å²) in [5, 5.41) is 0. The Morgan fingerprint density at radius 1 is 1.20 bits per heavy atom. The molecule has 104 valence electrons. The van der Waals surface area contributed by atoms with Gasteiger partial charge in [-0.3, -0.25) is 0 Å². The van der Waals surface area contributed by atoms with Crippen LogP contribution in [0, 0.1) is 12.7 Å². The lowest BCUT2D eigenvalue weighted by molar-refractivity contribution is 0.157. The Morgan fingerprint density at radius 3 is 2.80 bits per heavy atom. The minimum absolute atomic E-state index is 0.142. The van der Waals surface area contributed by atoms with E-state index in [1.165, 1.54) is 6.07 Å². The van der Waals surface area contributed by atoms with Crippen molar-refractivity contribution in [3.63, 3.8) is 0 Å². The van der Waals surface area contributed by atoms with Gasteiger partial charge in [0.2, 0.25) is 0 Å². The van der Waals surface area contributed by atoms with Gasteiger partial charge in [-0.15, -0.1) is 0 Å². The molecule has 3 rings (SSSR count). The molecule has 2 atom stereocenters. The van der Waals surface area contributed by atoms with E-state index in [1.807, 2.05) is 31.2 Å². The maximum absolute atomic E-state index is 14.0. The van der Waals surface area contributed by atoms with Crippen LogP contribution in [0.4, 0.5) is 4.39 Å². The molecule has 0 aliphatic carbocycles. The highest BCUT2D eigenvalue weighted by Crippen LogP contribution is 2.41. The van der Waals surface area contributed by atoms with E-state index in [0.717, 1.165) is 21.3 Å². The Balaban J connectivity index is 2.00. The normalized spacial score (nSPS) is 21.2. The van der Waals surface area contributed by atoms with E-state index in [0.29, 0.717) is 12.0 Å². The van der Waals surface area contributed by atoms with Crippen molar-refractivity contribution < 1.29 is 9.13 Å². The summed E-state index contributed by atoms with van der Waals surface area (Å²) in [5.41, 5.74) is 8.75. The quantitative estimate of drug-likeness (QED) is 0.837. The van der Waals surface area contributed by atoms with Crippen molar-refractivity contribution in [1.82, 2.24) is 0 Å². The van der Waals surface area contributed by atoms with E-state index in [-0.39, 0.29) is 18.0 Å². The molecule has 0 fully saturated rings. The Labute approximate surface area is 125 Å². The molecule has 0 bridgehead atoms. The van der Waals surface area contributed by atoms with Crippen LogP contribution in [0.5, 0.6) is 5.75 Å². The largest absolute Gasteiger partial charge is 0.485 e. The van der Waals surface area contributed by atoms with Gasteiger partial charge >= 0.3 is 0 Å². The number of aryl methyl sites for hydroxylation is 1. The van der Waals surface area contributed by atoms with E-state index in [9.17, 15) is 4.39 Å². The predicted octanol–water partition coefficient (Wildman–Crippen LogP) is 4.42. The van der Waals surface area contributed by atoms with Gasteiger partial charge in [-0.1, -0.05) is 33.6 Å². The first kappa shape index (κ1) is 13.6. The topological polar surface area (TPSA) is 35.2 Å². The highest BCUT2D eigenvalue weighted by atomic mass is 79.9. The second-order valence-corrected chi connectivity index (χ2v) is 6.07. The molecule has 1 unspecified atom stereocenters. The molecule has 1 heterocycles. The molecular weight excluding hydrogens is 321 g/mol. The smallest absolute Gasteiger partial charge is 0.130 e. The first-order chi connectivity index (χ1) is 9.54. The van der Waals surface area contributed by atoms with E-state index < -0.39 is 0 Å². The van der Waals surface area contributed by atoms with Crippen LogP contribution in [-0.4, -0.2) is 0 Å². The average Bonchev–Trinajstić information content (AvgIpc) is 2.41. The zero-order valence-electron chi connectivity index (χ0n) is 11.1. The van der Waals surface area contributed by atoms with Gasteiger partial charge in [0.05, 0.1) is 0 Å². The Hall–Kier alpha value is -1.39. The maximum atomic E-state index is 14.0. The standard InChI is InChI=1S/C16H15BrFNO/c1-9-2-5-13(18)12(6-9)16-8-14(19)11-4-3-10(17)7-15(11)20-16/h2-7,14,16H,8,19H2,1H3/t14-,16?/m1/s1. The van der Waals surface area contributed by atoms with Gasteiger partial charge < -0.3 is 10.5 Å². The van der Waals surface area contributed by atoms with Crippen LogP contribution < -0.4 is 10.5 Å². The minimum Gasteiger partial charge on any atom is -0.485 e. The Morgan fingerprint density at radius 2 is 2.00 bits per heavy atom. The number of ether oxygens (including phenoxy) is 1. The molecule has 0 saturated heterocycles. The molecule has 1 aliphatic rings. The van der Waals surface area contributed by atoms with E-state index >= 15 is 0 Å². The molecule has 0 spiro atoms. The van der Waals surface area contributed by atoms with Crippen LogP contribution in [0.2, 0.25) is 0 Å². The van der Waals surface area contributed by atoms with Crippen molar-refractivity contribution in [3.8, 4) is 5.75 Å². The predicted molar refractivity (Wildman–Crippen MR) is 80.2 cm³/mol. The fraction of sp³-hybridized carbons (Fsp3) is 0.250. The molecule has 0 saturated carbocycles. The van der Waals surface area contributed by atoms with Gasteiger partial charge in [0.15, 0.2) is 0 Å². The Kier molecular flexibility index (Phi) is 3.52. The third-order valence-electron chi connectivity index (χ3n) is 3.61. The summed E-state index contributed by atoms with van der Waals surface area (Å²) in [6.45, 7) is 1.94. The zero-order valence-corrected chi connectivity index (χ0v) is 12.7. The molecule has 1 aliphatic heterocycles. The number of fused-ring (bicyclic) bond motifs is 1. The minimum atomic E-state index is -0.341. The number of benzene rings is 2. The molecule has 0 radical (unpaired) electrons. The second kappa shape index (κ2) is 5.19. The average molecular weight is 336 g/mol. The molecule has 2 aromatic rings. The van der Waals surface area contributed by atoms with Crippen molar-refractivity contribution in [3.05, 3.63) is 63.4 Å². The molecule has 2 nitrogen and oxygen atoms in total. The monoisotopic (exact) mass is 335 g/mol. The van der Waals surface area contributed by atoms with E-state index in [2.05, 4.69) is 15.9 Å². The lowest BCUT2D eigenvalue weighted by Crippen LogP contribution is -2.24. The molecule has 2 N–H and O–H groups in total. The van der Waals surface area contributed by atoms with Gasteiger partial charge in [-0.05, 0) is 31.2 Å². The van der Waals surface area contributed by atoms with Gasteiger partial charge in [0.25, 0.3) is 0 Å². The number of nitrogens with two attached hydrogens (primary N) is 1. The van der Waals surface area contributed by atoms with Crippen LogP contribution in [0.25, 0.3) is 0 Å². The van der Waals surface area contributed by atoms with Crippen LogP contribution in [0.15, 0.2) is 40.9 Å². The molecule has 4 heteroatoms. The summed E-state index contributed by atoms with van der Waals surface area (Å²) in [7, 11) is 0. The highest BCUT2D eigenvalue weighted by molar-refractivity contribution is 9.10.